The second-order valence-electron chi connectivity index (χ2n) is 1.27. The fourth-order valence-corrected chi connectivity index (χ4v) is 0.758. The van der Waals surface area contributed by atoms with E-state index in [9.17, 15) is 0 Å². The van der Waals surface area contributed by atoms with Crippen LogP contribution in [-0.4, -0.2) is 0 Å². The smallest absolute Gasteiger partial charge is 0.0224 e. The van der Waals surface area contributed by atoms with Gasteiger partial charge in [-0.15, -0.1) is 11.7 Å². The predicted molar refractivity (Wildman–Crippen MR) is 40.6 cm³/mol. The number of hydrogen-bond donors (Lipinski definition) is 1. The highest BCUT2D eigenvalue weighted by Gasteiger charge is 1.68. The van der Waals surface area contributed by atoms with E-state index in [2.05, 4.69) is 24.7 Å². The van der Waals surface area contributed by atoms with Gasteiger partial charge in [-0.25, -0.2) is 0 Å². The molecule has 0 spiro atoms. The van der Waals surface area contributed by atoms with Gasteiger partial charge in [-0.1, -0.05) is 30.2 Å². The van der Waals surface area contributed by atoms with E-state index in [1.54, 1.807) is 0 Å². The third-order valence-corrected chi connectivity index (χ3v) is 1.29. The zero-order valence-corrected chi connectivity index (χ0v) is 6.14. The SMILES string of the molecule is CCCC=CSS. The quantitative estimate of drug-likeness (QED) is 0.457. The largest absolute Gasteiger partial charge is 0.107 e. The molecule has 0 saturated carbocycles. The lowest BCUT2D eigenvalue weighted by molar-refractivity contribution is 0.960. The fourth-order valence-electron chi connectivity index (χ4n) is 0.278. The summed E-state index contributed by atoms with van der Waals surface area (Å²) in [6.07, 6.45) is 4.52. The van der Waals surface area contributed by atoms with Crippen molar-refractivity contribution in [3.63, 3.8) is 0 Å². The molecule has 0 nitrogen and oxygen atoms in total. The molecule has 0 aromatic heterocycles. The average Bonchev–Trinajstić information content (AvgIpc) is 1.69. The van der Waals surface area contributed by atoms with Crippen molar-refractivity contribution in [2.45, 2.75) is 19.8 Å². The lowest BCUT2D eigenvalue weighted by Crippen LogP contribution is -1.55. The van der Waals surface area contributed by atoms with Gasteiger partial charge in [-0.3, -0.25) is 0 Å². The normalized spacial score (nSPS) is 10.6. The predicted octanol–water partition coefficient (Wildman–Crippen LogP) is 2.88. The van der Waals surface area contributed by atoms with Gasteiger partial charge in [0.1, 0.15) is 0 Å². The molecule has 0 radical (unpaired) electrons. The Kier molecular flexibility index (Phi) is 6.84. The van der Waals surface area contributed by atoms with Crippen molar-refractivity contribution in [1.82, 2.24) is 0 Å². The summed E-state index contributed by atoms with van der Waals surface area (Å²) in [6, 6.07) is 0. The molecule has 0 aliphatic heterocycles. The van der Waals surface area contributed by atoms with Crippen molar-refractivity contribution in [3.8, 4) is 0 Å². The van der Waals surface area contributed by atoms with Crippen LogP contribution in [0.5, 0.6) is 0 Å². The van der Waals surface area contributed by atoms with Crippen molar-refractivity contribution >= 4 is 22.5 Å². The van der Waals surface area contributed by atoms with Crippen LogP contribution in [0.15, 0.2) is 11.5 Å². The van der Waals surface area contributed by atoms with Gasteiger partial charge in [0.25, 0.3) is 0 Å². The van der Waals surface area contributed by atoms with Gasteiger partial charge in [0.15, 0.2) is 0 Å². The molecule has 0 aliphatic carbocycles. The lowest BCUT2D eigenvalue weighted by Gasteiger charge is -1.78. The first-order chi connectivity index (χ1) is 3.41. The van der Waals surface area contributed by atoms with E-state index >= 15 is 0 Å². The van der Waals surface area contributed by atoms with E-state index < -0.39 is 0 Å². The van der Waals surface area contributed by atoms with Crippen molar-refractivity contribution in [2.24, 2.45) is 0 Å². The number of hydrogen-bond acceptors (Lipinski definition) is 2. The third kappa shape index (κ3) is 6.44. The lowest BCUT2D eigenvalue weighted by atomic mass is 10.3. The van der Waals surface area contributed by atoms with E-state index in [1.165, 1.54) is 23.6 Å². The van der Waals surface area contributed by atoms with E-state index in [0.717, 1.165) is 0 Å². The van der Waals surface area contributed by atoms with Gasteiger partial charge in [0, 0.05) is 0 Å². The molecule has 42 valence electrons. The van der Waals surface area contributed by atoms with Gasteiger partial charge >= 0.3 is 0 Å². The average molecular weight is 134 g/mol. The molecule has 0 amide bonds. The molecule has 7 heavy (non-hydrogen) atoms. The topological polar surface area (TPSA) is 0 Å². The van der Waals surface area contributed by atoms with Gasteiger partial charge in [-0.2, -0.15) is 0 Å². The first-order valence-electron chi connectivity index (χ1n) is 2.37. The summed E-state index contributed by atoms with van der Waals surface area (Å²) in [5, 5.41) is 1.99. The minimum Gasteiger partial charge on any atom is -0.107 e. The molecule has 0 heterocycles. The van der Waals surface area contributed by atoms with Crippen LogP contribution in [0.3, 0.4) is 0 Å². The number of thiol groups is 1. The summed E-state index contributed by atoms with van der Waals surface area (Å²) in [4.78, 5) is 0. The van der Waals surface area contributed by atoms with E-state index in [1.807, 2.05) is 5.41 Å². The molecule has 0 fully saturated rings. The zero-order valence-electron chi connectivity index (χ0n) is 4.42. The summed E-state index contributed by atoms with van der Waals surface area (Å²) in [7, 11) is 1.46. The highest BCUT2D eigenvalue weighted by molar-refractivity contribution is 8.69. The Balaban J connectivity index is 2.78. The second-order valence-corrected chi connectivity index (χ2v) is 2.38. The molecule has 2 heteroatoms. The minimum absolute atomic E-state index is 1.17. The van der Waals surface area contributed by atoms with Gasteiger partial charge < -0.3 is 0 Å². The van der Waals surface area contributed by atoms with Crippen LogP contribution < -0.4 is 0 Å². The molecule has 0 saturated heterocycles. The van der Waals surface area contributed by atoms with Gasteiger partial charge in [0.2, 0.25) is 0 Å². The van der Waals surface area contributed by atoms with E-state index in [4.69, 9.17) is 0 Å². The van der Waals surface area contributed by atoms with Gasteiger partial charge in [0.05, 0.1) is 0 Å². The highest BCUT2D eigenvalue weighted by atomic mass is 33.1. The maximum Gasteiger partial charge on any atom is -0.0224 e. The molecule has 0 aromatic rings. The van der Waals surface area contributed by atoms with Crippen molar-refractivity contribution < 1.29 is 0 Å². The summed E-state index contributed by atoms with van der Waals surface area (Å²) >= 11 is 3.92. The molecular weight excluding hydrogens is 124 g/mol. The Hall–Kier alpha value is 0.440. The molecule has 0 N–H and O–H groups in total. The number of unbranched alkanes of at least 4 members (excludes halogenated alkanes) is 1. The third-order valence-electron chi connectivity index (χ3n) is 0.612. The Morgan fingerprint density at radius 3 is 2.86 bits per heavy atom. The van der Waals surface area contributed by atoms with Crippen LogP contribution in [0.4, 0.5) is 0 Å². The minimum atomic E-state index is 1.17. The Morgan fingerprint density at radius 2 is 2.43 bits per heavy atom. The van der Waals surface area contributed by atoms with Crippen molar-refractivity contribution in [3.05, 3.63) is 11.5 Å². The Labute approximate surface area is 54.2 Å². The van der Waals surface area contributed by atoms with Crippen LogP contribution >= 0.6 is 22.5 Å². The van der Waals surface area contributed by atoms with Crippen molar-refractivity contribution in [2.75, 3.05) is 0 Å². The molecule has 0 rings (SSSR count). The standard InChI is InChI=1S/C5H10S2/c1-2-3-4-5-7-6/h4-6H,2-3H2,1H3. The molecule has 0 unspecified atom stereocenters. The monoisotopic (exact) mass is 134 g/mol. The van der Waals surface area contributed by atoms with Crippen LogP contribution in [0.2, 0.25) is 0 Å². The molecule has 0 atom stereocenters. The number of rotatable bonds is 3. The van der Waals surface area contributed by atoms with E-state index in [-0.39, 0.29) is 0 Å². The second kappa shape index (κ2) is 6.44. The van der Waals surface area contributed by atoms with Crippen LogP contribution in [-0.2, 0) is 0 Å². The van der Waals surface area contributed by atoms with Crippen LogP contribution in [0.1, 0.15) is 19.8 Å². The Bertz CT molecular complexity index is 50.0. The zero-order chi connectivity index (χ0) is 5.54. The maximum atomic E-state index is 3.92. The van der Waals surface area contributed by atoms with Gasteiger partial charge in [-0.05, 0) is 11.8 Å². The maximum absolute atomic E-state index is 3.92. The fraction of sp³-hybridized carbons (Fsp3) is 0.600. The molecular formula is C5H10S2. The first kappa shape index (κ1) is 7.44. The van der Waals surface area contributed by atoms with Crippen LogP contribution in [0, 0.1) is 0 Å². The summed E-state index contributed by atoms with van der Waals surface area (Å²) in [5.74, 6) is 0. The van der Waals surface area contributed by atoms with Crippen LogP contribution in [0.25, 0.3) is 0 Å². The molecule has 0 aromatic carbocycles. The molecule has 0 bridgehead atoms. The van der Waals surface area contributed by atoms with Crippen molar-refractivity contribution in [1.29, 1.82) is 0 Å². The summed E-state index contributed by atoms with van der Waals surface area (Å²) in [5.41, 5.74) is 0. The highest BCUT2D eigenvalue weighted by Crippen LogP contribution is 2.06. The summed E-state index contributed by atoms with van der Waals surface area (Å²) < 4.78 is 0. The molecule has 0 aliphatic rings. The summed E-state index contributed by atoms with van der Waals surface area (Å²) in [6.45, 7) is 2.16. The Morgan fingerprint density at radius 1 is 1.71 bits per heavy atom. The number of allylic oxidation sites excluding steroid dienone is 1. The first-order valence-corrected chi connectivity index (χ1v) is 4.30. The van der Waals surface area contributed by atoms with E-state index in [0.29, 0.717) is 0 Å².